The van der Waals surface area contributed by atoms with E-state index in [0.717, 1.165) is 0 Å². The molecule has 22 heavy (non-hydrogen) atoms. The van der Waals surface area contributed by atoms with Crippen molar-refractivity contribution in [1.29, 1.82) is 0 Å². The third kappa shape index (κ3) is 3.58. The molecule has 1 aromatic heterocycles. The smallest absolute Gasteiger partial charge is 1.00 e. The Labute approximate surface area is 155 Å². The average Bonchev–Trinajstić information content (AvgIpc) is 2.97. The minimum Gasteiger partial charge on any atom is -1.00 e. The number of aromatic nitrogens is 1. The Morgan fingerprint density at radius 3 is 2.45 bits per heavy atom. The number of allylic oxidation sites excluding steroid dienone is 4. The van der Waals surface area contributed by atoms with E-state index in [1.54, 1.807) is 9.05 Å². The van der Waals surface area contributed by atoms with Gasteiger partial charge >= 0.3 is 131 Å². The summed E-state index contributed by atoms with van der Waals surface area (Å²) in [5.41, 5.74) is 4.15. The summed E-state index contributed by atoms with van der Waals surface area (Å²) in [7, 11) is -0.351. The second-order valence-electron chi connectivity index (χ2n) is 5.60. The number of benzene rings is 1. The average molecular weight is 384 g/mol. The van der Waals surface area contributed by atoms with Crippen molar-refractivity contribution in [2.75, 3.05) is 0 Å². The summed E-state index contributed by atoms with van der Waals surface area (Å²) < 4.78 is 3.11. The molecule has 0 atom stereocenters. The molecule has 2 aromatic rings. The van der Waals surface area contributed by atoms with Crippen molar-refractivity contribution in [3.8, 4) is 0 Å². The number of nitrogens with one attached hydrogen (secondary N) is 1. The first kappa shape index (κ1) is 19.7. The second-order valence-corrected chi connectivity index (χ2v) is 10.2. The Bertz CT molecular complexity index is 783. The monoisotopic (exact) mass is 383 g/mol. The van der Waals surface area contributed by atoms with Crippen LogP contribution in [0, 0.1) is 13.8 Å². The molecule has 1 aliphatic rings. The van der Waals surface area contributed by atoms with Crippen LogP contribution in [0.15, 0.2) is 40.3 Å². The minimum absolute atomic E-state index is 0. The third-order valence-corrected chi connectivity index (χ3v) is 8.07. The fraction of sp³-hybridized carbons (Fsp3) is 0.235. The Morgan fingerprint density at radius 1 is 1.09 bits per heavy atom. The van der Waals surface area contributed by atoms with E-state index in [4.69, 9.17) is 0 Å². The van der Waals surface area contributed by atoms with Gasteiger partial charge < -0.3 is 24.8 Å². The van der Waals surface area contributed by atoms with E-state index in [9.17, 15) is 0 Å². The number of halogens is 2. The largest absolute Gasteiger partial charge is 1.00 e. The Morgan fingerprint density at radius 2 is 1.82 bits per heavy atom. The van der Waals surface area contributed by atoms with Gasteiger partial charge in [0.1, 0.15) is 0 Å². The van der Waals surface area contributed by atoms with E-state index >= 15 is 0 Å². The maximum Gasteiger partial charge on any atom is -1.00 e. The van der Waals surface area contributed by atoms with Crippen LogP contribution in [0.1, 0.15) is 11.1 Å². The maximum atomic E-state index is 3.68. The Balaban J connectivity index is 0.00000121. The fourth-order valence-electron chi connectivity index (χ4n) is 2.85. The molecule has 0 aliphatic heterocycles. The van der Waals surface area contributed by atoms with Gasteiger partial charge in [0.15, 0.2) is 0 Å². The van der Waals surface area contributed by atoms with Gasteiger partial charge in [0, 0.05) is 0 Å². The van der Waals surface area contributed by atoms with Gasteiger partial charge in [0.25, 0.3) is 0 Å². The van der Waals surface area contributed by atoms with Crippen LogP contribution in [0.2, 0.25) is 13.1 Å². The second kappa shape index (κ2) is 7.94. The first-order valence-corrected chi connectivity index (χ1v) is 11.0. The molecular weight excluding hydrogens is 365 g/mol. The topological polar surface area (TPSA) is 15.8 Å². The molecule has 1 N–H and O–H groups in total. The Hall–Kier alpha value is -0.379. The van der Waals surface area contributed by atoms with Crippen molar-refractivity contribution in [2.45, 2.75) is 26.9 Å². The predicted octanol–water partition coefficient (Wildman–Crippen LogP) is -2.54. The molecule has 5 heteroatoms. The molecule has 0 fully saturated rings. The number of rotatable bonds is 2. The van der Waals surface area contributed by atoms with E-state index in [-0.39, 0.29) is 52.4 Å². The summed E-state index contributed by atoms with van der Waals surface area (Å²) in [4.78, 5) is 3.68. The Kier molecular flexibility index (Phi) is 7.10. The summed E-state index contributed by atoms with van der Waals surface area (Å²) in [6.07, 6.45) is 6.90. The van der Waals surface area contributed by atoms with E-state index in [1.807, 2.05) is 0 Å². The molecule has 1 heterocycles. The zero-order chi connectivity index (χ0) is 14.3. The van der Waals surface area contributed by atoms with Crippen LogP contribution < -0.4 is 28.8 Å². The van der Waals surface area contributed by atoms with Gasteiger partial charge in [-0.05, 0) is 0 Å². The molecule has 0 saturated heterocycles. The number of hydrogen-bond donors (Lipinski definition) is 1. The summed E-state index contributed by atoms with van der Waals surface area (Å²) in [6.45, 7) is 9.26. The van der Waals surface area contributed by atoms with E-state index < -0.39 is 0 Å². The van der Waals surface area contributed by atoms with Crippen molar-refractivity contribution < 1.29 is 44.0 Å². The number of H-pyrrole nitrogens is 1. The van der Waals surface area contributed by atoms with Crippen LogP contribution in [0.25, 0.3) is 10.9 Å². The van der Waals surface area contributed by atoms with Gasteiger partial charge in [-0.3, -0.25) is 0 Å². The van der Waals surface area contributed by atoms with Crippen molar-refractivity contribution in [3.05, 3.63) is 51.4 Å². The number of fused-ring (bicyclic) bond motifs is 1. The number of aryl methyl sites for hydroxylation is 2. The van der Waals surface area contributed by atoms with Crippen LogP contribution in [0.3, 0.4) is 0 Å². The van der Waals surface area contributed by atoms with Crippen LogP contribution in [0.5, 0.6) is 0 Å². The van der Waals surface area contributed by atoms with Crippen LogP contribution in [-0.4, -0.2) is 18.6 Å². The summed E-state index contributed by atoms with van der Waals surface area (Å²) in [5, 5.41) is 3.06. The molecule has 0 spiro atoms. The minimum atomic E-state index is -0.351. The molecule has 0 unspecified atom stereocenters. The standard InChI is InChI=1S/C10H10N.C7H9Si.2ClH.Ti/c1-7-4-3-5-9-10(7)8(2)6-11-9;1-8(2)7-5-3-4-6-7;;;/h3-5,11H,1-2H3;3-5H,1-2H3;2*1H;/q;;;;+2/p-2. The van der Waals surface area contributed by atoms with Gasteiger partial charge in [-0.15, -0.1) is 0 Å². The van der Waals surface area contributed by atoms with Crippen LogP contribution in [0.4, 0.5) is 0 Å². The summed E-state index contributed by atoms with van der Waals surface area (Å²) in [5.74, 6) is 0. The van der Waals surface area contributed by atoms with Crippen molar-refractivity contribution in [2.24, 2.45) is 0 Å². The molecular formula is C17H19Cl2NSiTi. The molecule has 114 valence electrons. The fourth-order valence-corrected chi connectivity index (χ4v) is 7.17. The van der Waals surface area contributed by atoms with Gasteiger partial charge in [0.2, 0.25) is 0 Å². The molecule has 1 nitrogen and oxygen atoms in total. The van der Waals surface area contributed by atoms with Crippen molar-refractivity contribution >= 4 is 28.5 Å². The molecule has 1 aromatic carbocycles. The summed E-state index contributed by atoms with van der Waals surface area (Å²) in [6, 6.07) is 6.55. The van der Waals surface area contributed by atoms with Gasteiger partial charge in [-0.25, -0.2) is 0 Å². The molecule has 0 bridgehead atoms. The van der Waals surface area contributed by atoms with Crippen molar-refractivity contribution in [3.63, 3.8) is 0 Å². The van der Waals surface area contributed by atoms with E-state index in [0.29, 0.717) is 0 Å². The zero-order valence-corrected chi connectivity index (χ0v) is 17.3. The zero-order valence-electron chi connectivity index (χ0n) is 13.2. The van der Waals surface area contributed by atoms with Crippen molar-refractivity contribution in [1.82, 2.24) is 4.98 Å². The van der Waals surface area contributed by atoms with Crippen LogP contribution in [-0.2, 0) is 19.2 Å². The van der Waals surface area contributed by atoms with E-state index in [1.165, 1.54) is 26.0 Å². The van der Waals surface area contributed by atoms with Gasteiger partial charge in [-0.2, -0.15) is 0 Å². The first-order valence-electron chi connectivity index (χ1n) is 6.99. The third-order valence-electron chi connectivity index (χ3n) is 3.90. The number of hydrogen-bond acceptors (Lipinski definition) is 0. The van der Waals surface area contributed by atoms with Gasteiger partial charge in [0.05, 0.1) is 0 Å². The first-order chi connectivity index (χ1) is 9.58. The van der Waals surface area contributed by atoms with Crippen LogP contribution >= 0.6 is 0 Å². The molecule has 1 aliphatic carbocycles. The van der Waals surface area contributed by atoms with E-state index in [2.05, 4.69) is 68.4 Å². The molecule has 0 saturated carbocycles. The molecule has 0 amide bonds. The quantitative estimate of drug-likeness (QED) is 0.550. The van der Waals surface area contributed by atoms with Gasteiger partial charge in [-0.1, -0.05) is 0 Å². The number of aromatic amines is 1. The molecule has 0 radical (unpaired) electrons. The normalized spacial score (nSPS) is 12.5. The summed E-state index contributed by atoms with van der Waals surface area (Å²) >= 11 is -0.255. The molecule has 3 rings (SSSR count). The SMILES string of the molecule is Cc1cccc2[nH][c]([Ti+2][C]3=CC=CC3=[Si](C)C)c(C)c12.[Cl-].[Cl-]. The maximum absolute atomic E-state index is 3.68. The predicted molar refractivity (Wildman–Crippen MR) is 87.1 cm³/mol.